The van der Waals surface area contributed by atoms with Gasteiger partial charge in [0.05, 0.1) is 25.7 Å². The number of nitrogens with one attached hydrogen (secondary N) is 1. The molecule has 8 nitrogen and oxygen atoms in total. The molecule has 0 bridgehead atoms. The van der Waals surface area contributed by atoms with Gasteiger partial charge in [-0.1, -0.05) is 80.4 Å². The highest BCUT2D eigenvalue weighted by atomic mass is 16.2. The van der Waals surface area contributed by atoms with Crippen LogP contribution in [0, 0.1) is 18.3 Å². The Labute approximate surface area is 212 Å². The van der Waals surface area contributed by atoms with E-state index in [1.165, 1.54) is 5.01 Å². The first-order chi connectivity index (χ1) is 17.3. The summed E-state index contributed by atoms with van der Waals surface area (Å²) in [5, 5.41) is 6.11. The van der Waals surface area contributed by atoms with Crippen molar-refractivity contribution in [1.82, 2.24) is 25.1 Å². The second-order valence-corrected chi connectivity index (χ2v) is 9.56. The fraction of sp³-hybridized carbons (Fsp3) is 0.393. The fourth-order valence-corrected chi connectivity index (χ4v) is 5.07. The molecule has 0 aromatic heterocycles. The Morgan fingerprint density at radius 3 is 2.31 bits per heavy atom. The summed E-state index contributed by atoms with van der Waals surface area (Å²) < 4.78 is 0. The van der Waals surface area contributed by atoms with Crippen LogP contribution in [0.4, 0.5) is 4.79 Å². The molecule has 2 saturated heterocycles. The average molecular weight is 488 g/mol. The molecule has 8 heteroatoms. The molecule has 0 unspecified atom stereocenters. The Morgan fingerprint density at radius 2 is 1.69 bits per heavy atom. The maximum Gasteiger partial charge on any atom is 0.334 e. The molecule has 2 aromatic carbocycles. The van der Waals surface area contributed by atoms with Crippen molar-refractivity contribution in [3.8, 4) is 12.3 Å². The number of fused-ring (bicyclic) bond motifs is 1. The zero-order valence-electron chi connectivity index (χ0n) is 21.0. The molecular weight excluding hydrogens is 454 g/mol. The molecule has 2 fully saturated rings. The molecule has 4 amide bonds. The Kier molecular flexibility index (Phi) is 7.61. The number of rotatable bonds is 6. The summed E-state index contributed by atoms with van der Waals surface area (Å²) in [7, 11) is 0. The minimum Gasteiger partial charge on any atom is -0.333 e. The SMILES string of the molecule is C#CCN1CC(=O)N2[C@@H](C(C)C)C(=O)N([C@@H](C)c3ccccc3)C[C@@H]2N1C(=O)NCc1ccccc1. The quantitative estimate of drug-likeness (QED) is 0.636. The zero-order valence-corrected chi connectivity index (χ0v) is 21.0. The Hall–Kier alpha value is -3.83. The number of benzene rings is 2. The first-order valence-electron chi connectivity index (χ1n) is 12.3. The van der Waals surface area contributed by atoms with Crippen molar-refractivity contribution >= 4 is 17.8 Å². The first kappa shape index (κ1) is 25.3. The molecule has 2 heterocycles. The van der Waals surface area contributed by atoms with Crippen molar-refractivity contribution in [2.45, 2.75) is 45.6 Å². The van der Waals surface area contributed by atoms with Crippen molar-refractivity contribution in [1.29, 1.82) is 0 Å². The van der Waals surface area contributed by atoms with Crippen LogP contribution in [0.25, 0.3) is 0 Å². The second kappa shape index (κ2) is 10.8. The molecule has 1 N–H and O–H groups in total. The van der Waals surface area contributed by atoms with E-state index >= 15 is 0 Å². The van der Waals surface area contributed by atoms with Gasteiger partial charge in [0.25, 0.3) is 0 Å². The van der Waals surface area contributed by atoms with E-state index in [1.54, 1.807) is 14.8 Å². The normalized spacial score (nSPS) is 21.2. The van der Waals surface area contributed by atoms with E-state index in [2.05, 4.69) is 11.2 Å². The van der Waals surface area contributed by atoms with Crippen LogP contribution in [0.2, 0.25) is 0 Å². The number of hydrogen-bond acceptors (Lipinski definition) is 4. The number of urea groups is 1. The van der Waals surface area contributed by atoms with Gasteiger partial charge in [0.1, 0.15) is 12.2 Å². The smallest absolute Gasteiger partial charge is 0.333 e. The Balaban J connectivity index is 1.69. The molecule has 0 aliphatic carbocycles. The predicted octanol–water partition coefficient (Wildman–Crippen LogP) is 2.84. The Morgan fingerprint density at radius 1 is 1.06 bits per heavy atom. The van der Waals surface area contributed by atoms with Crippen LogP contribution in [0.1, 0.15) is 37.9 Å². The van der Waals surface area contributed by atoms with Crippen LogP contribution in [-0.2, 0) is 16.1 Å². The van der Waals surface area contributed by atoms with Gasteiger partial charge >= 0.3 is 6.03 Å². The highest BCUT2D eigenvalue weighted by Crippen LogP contribution is 2.33. The minimum absolute atomic E-state index is 0.0653. The molecule has 2 aliphatic rings. The highest BCUT2D eigenvalue weighted by molar-refractivity contribution is 5.92. The van der Waals surface area contributed by atoms with Crippen LogP contribution in [0.5, 0.6) is 0 Å². The number of terminal acetylenes is 1. The lowest BCUT2D eigenvalue weighted by atomic mass is 9.94. The third-order valence-corrected chi connectivity index (χ3v) is 6.86. The van der Waals surface area contributed by atoms with Gasteiger partial charge in [0, 0.05) is 6.54 Å². The van der Waals surface area contributed by atoms with Gasteiger partial charge in [-0.15, -0.1) is 6.42 Å². The molecule has 0 spiro atoms. The number of carbonyl (C=O) groups is 3. The lowest BCUT2D eigenvalue weighted by molar-refractivity contribution is -0.193. The van der Waals surface area contributed by atoms with Gasteiger partial charge in [0.15, 0.2) is 0 Å². The summed E-state index contributed by atoms with van der Waals surface area (Å²) in [4.78, 5) is 44.1. The minimum atomic E-state index is -0.681. The van der Waals surface area contributed by atoms with Gasteiger partial charge < -0.3 is 15.1 Å². The third kappa shape index (κ3) is 4.93. The molecular formula is C28H33N5O3. The van der Waals surface area contributed by atoms with E-state index in [0.29, 0.717) is 6.54 Å². The summed E-state index contributed by atoms with van der Waals surface area (Å²) in [5.41, 5.74) is 1.95. The van der Waals surface area contributed by atoms with Gasteiger partial charge in [-0.3, -0.25) is 9.59 Å². The maximum absolute atomic E-state index is 13.7. The van der Waals surface area contributed by atoms with E-state index < -0.39 is 12.2 Å². The summed E-state index contributed by atoms with van der Waals surface area (Å²) in [6.45, 7) is 6.38. The van der Waals surface area contributed by atoms with Crippen molar-refractivity contribution in [2.75, 3.05) is 19.6 Å². The summed E-state index contributed by atoms with van der Waals surface area (Å²) >= 11 is 0. The van der Waals surface area contributed by atoms with Gasteiger partial charge in [-0.25, -0.2) is 9.80 Å². The van der Waals surface area contributed by atoms with E-state index in [0.717, 1.165) is 11.1 Å². The second-order valence-electron chi connectivity index (χ2n) is 9.56. The first-order valence-corrected chi connectivity index (χ1v) is 12.3. The number of carbonyl (C=O) groups excluding carboxylic acids is 3. The van der Waals surface area contributed by atoms with Crippen molar-refractivity contribution < 1.29 is 14.4 Å². The van der Waals surface area contributed by atoms with E-state index in [1.807, 2.05) is 81.4 Å². The fourth-order valence-electron chi connectivity index (χ4n) is 5.07. The molecule has 4 rings (SSSR count). The molecule has 0 saturated carbocycles. The summed E-state index contributed by atoms with van der Waals surface area (Å²) in [5.74, 6) is 2.11. The summed E-state index contributed by atoms with van der Waals surface area (Å²) in [6, 6.07) is 18.1. The van der Waals surface area contributed by atoms with Crippen LogP contribution in [0.15, 0.2) is 60.7 Å². The number of amides is 4. The largest absolute Gasteiger partial charge is 0.334 e. The molecule has 36 heavy (non-hydrogen) atoms. The third-order valence-electron chi connectivity index (χ3n) is 6.86. The monoisotopic (exact) mass is 487 g/mol. The molecule has 0 radical (unpaired) electrons. The van der Waals surface area contributed by atoms with Gasteiger partial charge in [0.2, 0.25) is 11.8 Å². The van der Waals surface area contributed by atoms with Crippen molar-refractivity contribution in [3.63, 3.8) is 0 Å². The number of hydrazine groups is 1. The van der Waals surface area contributed by atoms with E-state index in [4.69, 9.17) is 6.42 Å². The van der Waals surface area contributed by atoms with Crippen LogP contribution in [-0.4, -0.2) is 69.5 Å². The number of piperazine rings is 1. The lowest BCUT2D eigenvalue weighted by Crippen LogP contribution is -2.77. The predicted molar refractivity (Wildman–Crippen MR) is 137 cm³/mol. The van der Waals surface area contributed by atoms with Crippen molar-refractivity contribution in [2.24, 2.45) is 5.92 Å². The van der Waals surface area contributed by atoms with E-state index in [9.17, 15) is 14.4 Å². The highest BCUT2D eigenvalue weighted by Gasteiger charge is 2.52. The lowest BCUT2D eigenvalue weighted by Gasteiger charge is -2.56. The molecule has 2 aliphatic heterocycles. The van der Waals surface area contributed by atoms with Crippen LogP contribution >= 0.6 is 0 Å². The summed E-state index contributed by atoms with van der Waals surface area (Å²) in [6.07, 6.45) is 4.94. The standard InChI is InChI=1S/C28H33N5O3/c1-5-16-30-19-25(34)32-24(33(30)28(36)29-17-22-12-8-6-9-13-22)18-31(27(35)26(32)20(2)3)21(4)23-14-10-7-11-15-23/h1,6-15,20-21,24,26H,16-19H2,2-4H3,(H,29,36)/t21-,24-,26-/m0/s1. The van der Waals surface area contributed by atoms with Crippen molar-refractivity contribution in [3.05, 3.63) is 71.8 Å². The van der Waals surface area contributed by atoms with Gasteiger partial charge in [-0.05, 0) is 24.0 Å². The molecule has 188 valence electrons. The number of hydrogen-bond donors (Lipinski definition) is 1. The van der Waals surface area contributed by atoms with E-state index in [-0.39, 0.29) is 49.4 Å². The number of nitrogens with zero attached hydrogens (tertiary/aromatic N) is 4. The maximum atomic E-state index is 13.7. The average Bonchev–Trinajstić information content (AvgIpc) is 2.88. The topological polar surface area (TPSA) is 76.2 Å². The molecule has 3 atom stereocenters. The van der Waals surface area contributed by atoms with Gasteiger partial charge in [-0.2, -0.15) is 5.01 Å². The zero-order chi connectivity index (χ0) is 25.8. The Bertz CT molecular complexity index is 1130. The van der Waals surface area contributed by atoms with Crippen LogP contribution in [0.3, 0.4) is 0 Å². The molecule has 2 aromatic rings. The van der Waals surface area contributed by atoms with Crippen LogP contribution < -0.4 is 5.32 Å².